The Balaban J connectivity index is 1.69. The highest BCUT2D eigenvalue weighted by molar-refractivity contribution is 7.52. The highest BCUT2D eigenvalue weighted by Crippen LogP contribution is 2.49. The third-order valence-electron chi connectivity index (χ3n) is 4.63. The fourth-order valence-electron chi connectivity index (χ4n) is 3.04. The van der Waals surface area contributed by atoms with Crippen molar-refractivity contribution in [2.75, 3.05) is 19.5 Å². The van der Waals surface area contributed by atoms with E-state index in [9.17, 15) is 9.36 Å². The first-order valence-corrected chi connectivity index (χ1v) is 11.5. The van der Waals surface area contributed by atoms with Crippen molar-refractivity contribution in [1.82, 2.24) is 9.78 Å². The summed E-state index contributed by atoms with van der Waals surface area (Å²) < 4.78 is 23.9. The van der Waals surface area contributed by atoms with Crippen LogP contribution in [0.5, 0.6) is 0 Å². The number of hydrogen-bond acceptors (Lipinski definition) is 5. The van der Waals surface area contributed by atoms with Gasteiger partial charge in [0.05, 0.1) is 18.1 Å². The molecule has 7 nitrogen and oxygen atoms in total. The number of benzene rings is 2. The summed E-state index contributed by atoms with van der Waals surface area (Å²) in [5, 5.41) is 7.71. The number of aromatic nitrogens is 2. The third-order valence-corrected chi connectivity index (χ3v) is 6.73. The first-order chi connectivity index (χ1) is 14.8. The molecule has 1 N–H and O–H groups in total. The number of aryl methyl sites for hydroxylation is 1. The number of amides is 1. The lowest BCUT2D eigenvalue weighted by Gasteiger charge is -2.13. The van der Waals surface area contributed by atoms with Gasteiger partial charge in [0, 0.05) is 49.2 Å². The highest BCUT2D eigenvalue weighted by Gasteiger charge is 2.21. The zero-order chi connectivity index (χ0) is 22.4. The molecule has 0 saturated heterocycles. The number of carbonyl (C=O) groups excluding carboxylic acids is 1. The minimum Gasteiger partial charge on any atom is -0.323 e. The molecule has 0 saturated carbocycles. The van der Waals surface area contributed by atoms with E-state index < -0.39 is 7.60 Å². The number of anilines is 1. The Hall–Kier alpha value is -2.70. The molecule has 1 amide bonds. The smallest absolute Gasteiger partial charge is 0.323 e. The molecular weight excluding hydrogens is 437 g/mol. The van der Waals surface area contributed by atoms with Crippen molar-refractivity contribution >= 4 is 36.9 Å². The van der Waals surface area contributed by atoms with E-state index in [0.717, 1.165) is 22.4 Å². The van der Waals surface area contributed by atoms with Gasteiger partial charge in [0.25, 0.3) is 0 Å². The maximum atomic E-state index is 12.4. The molecule has 9 heteroatoms. The molecule has 3 rings (SSSR count). The van der Waals surface area contributed by atoms with E-state index in [1.807, 2.05) is 25.2 Å². The Bertz CT molecular complexity index is 1130. The van der Waals surface area contributed by atoms with E-state index in [-0.39, 0.29) is 12.1 Å². The second kappa shape index (κ2) is 10.1. The van der Waals surface area contributed by atoms with E-state index in [4.69, 9.17) is 20.6 Å². The van der Waals surface area contributed by atoms with Gasteiger partial charge in [0.2, 0.25) is 5.91 Å². The van der Waals surface area contributed by atoms with Crippen LogP contribution in [-0.4, -0.2) is 29.9 Å². The van der Waals surface area contributed by atoms with Crippen molar-refractivity contribution in [3.8, 4) is 11.3 Å². The maximum Gasteiger partial charge on any atom is 0.334 e. The standard InChI is InChI=1S/C22H23ClN3O4P/c1-26-22(17-5-4-6-19(23)13-17)18(14-24-26)9-12-21(27)25-20-10-7-16(8-11-20)15-31(28,29-2)30-3/h4-14H,15H2,1-3H3,(H,25,27). The molecule has 0 aliphatic heterocycles. The van der Waals surface area contributed by atoms with Crippen molar-refractivity contribution < 1.29 is 18.4 Å². The van der Waals surface area contributed by atoms with Gasteiger partial charge in [-0.1, -0.05) is 35.9 Å². The molecule has 0 unspecified atom stereocenters. The zero-order valence-corrected chi connectivity index (χ0v) is 19.1. The van der Waals surface area contributed by atoms with Crippen LogP contribution in [0.15, 0.2) is 60.8 Å². The summed E-state index contributed by atoms with van der Waals surface area (Å²) in [6.07, 6.45) is 5.00. The highest BCUT2D eigenvalue weighted by atomic mass is 35.5. The SMILES string of the molecule is COP(=O)(Cc1ccc(NC(=O)C=Cc2cnn(C)c2-c2cccc(Cl)c2)cc1)OC. The second-order valence-corrected chi connectivity index (χ2v) is 9.44. The van der Waals surface area contributed by atoms with E-state index in [2.05, 4.69) is 10.4 Å². The quantitative estimate of drug-likeness (QED) is 0.361. The van der Waals surface area contributed by atoms with Crippen molar-refractivity contribution in [3.63, 3.8) is 0 Å². The first kappa shape index (κ1) is 23.0. The molecule has 0 spiro atoms. The first-order valence-electron chi connectivity index (χ1n) is 9.40. The van der Waals surface area contributed by atoms with Gasteiger partial charge in [-0.25, -0.2) is 0 Å². The van der Waals surface area contributed by atoms with Crippen LogP contribution in [0.2, 0.25) is 5.02 Å². The Kier molecular flexibility index (Phi) is 7.46. The van der Waals surface area contributed by atoms with E-state index in [1.165, 1.54) is 20.3 Å². The summed E-state index contributed by atoms with van der Waals surface area (Å²) in [6, 6.07) is 14.5. The molecule has 0 atom stereocenters. The largest absolute Gasteiger partial charge is 0.334 e. The Morgan fingerprint density at radius 1 is 1.19 bits per heavy atom. The molecule has 2 aromatic carbocycles. The van der Waals surface area contributed by atoms with Gasteiger partial charge in [-0.05, 0) is 35.9 Å². The van der Waals surface area contributed by atoms with Gasteiger partial charge >= 0.3 is 7.60 Å². The summed E-state index contributed by atoms with van der Waals surface area (Å²) in [4.78, 5) is 12.4. The fraction of sp³-hybridized carbons (Fsp3) is 0.182. The Morgan fingerprint density at radius 2 is 1.90 bits per heavy atom. The minimum absolute atomic E-state index is 0.154. The number of nitrogens with zero attached hydrogens (tertiary/aromatic N) is 2. The topological polar surface area (TPSA) is 82.5 Å². The van der Waals surface area contributed by atoms with Crippen molar-refractivity contribution in [1.29, 1.82) is 0 Å². The predicted octanol–water partition coefficient (Wildman–Crippen LogP) is 5.38. The molecule has 1 aromatic heterocycles. The van der Waals surface area contributed by atoms with Crippen LogP contribution in [0.1, 0.15) is 11.1 Å². The van der Waals surface area contributed by atoms with Crippen LogP contribution in [0.4, 0.5) is 5.69 Å². The van der Waals surface area contributed by atoms with E-state index in [0.29, 0.717) is 10.7 Å². The maximum absolute atomic E-state index is 12.4. The van der Waals surface area contributed by atoms with Gasteiger partial charge in [0.1, 0.15) is 0 Å². The number of rotatable bonds is 8. The average Bonchev–Trinajstić information content (AvgIpc) is 3.14. The van der Waals surface area contributed by atoms with Gasteiger partial charge in [-0.15, -0.1) is 0 Å². The van der Waals surface area contributed by atoms with Crippen LogP contribution < -0.4 is 5.32 Å². The molecule has 31 heavy (non-hydrogen) atoms. The molecule has 1 heterocycles. The summed E-state index contributed by atoms with van der Waals surface area (Å²) in [6.45, 7) is 0. The number of halogens is 1. The van der Waals surface area contributed by atoms with Crippen LogP contribution in [0.25, 0.3) is 17.3 Å². The molecule has 0 aliphatic carbocycles. The summed E-state index contributed by atoms with van der Waals surface area (Å²) in [5.41, 5.74) is 3.96. The Morgan fingerprint density at radius 3 is 2.55 bits per heavy atom. The van der Waals surface area contributed by atoms with E-state index >= 15 is 0 Å². The zero-order valence-electron chi connectivity index (χ0n) is 17.4. The van der Waals surface area contributed by atoms with Crippen molar-refractivity contribution in [2.45, 2.75) is 6.16 Å². The monoisotopic (exact) mass is 459 g/mol. The molecule has 0 aliphatic rings. The summed E-state index contributed by atoms with van der Waals surface area (Å²) in [5.74, 6) is -0.284. The summed E-state index contributed by atoms with van der Waals surface area (Å²) >= 11 is 6.11. The molecule has 0 fully saturated rings. The summed E-state index contributed by atoms with van der Waals surface area (Å²) in [7, 11) is 1.40. The number of carbonyl (C=O) groups is 1. The Labute approximate surface area is 186 Å². The molecule has 0 bridgehead atoms. The second-order valence-electron chi connectivity index (χ2n) is 6.74. The number of nitrogens with one attached hydrogen (secondary N) is 1. The lowest BCUT2D eigenvalue weighted by Crippen LogP contribution is -2.07. The molecular formula is C22H23ClN3O4P. The van der Waals surface area contributed by atoms with Crippen LogP contribution >= 0.6 is 19.2 Å². The van der Waals surface area contributed by atoms with E-state index in [1.54, 1.807) is 47.3 Å². The minimum atomic E-state index is -3.14. The lowest BCUT2D eigenvalue weighted by atomic mass is 10.1. The number of hydrogen-bond donors (Lipinski definition) is 1. The fourth-order valence-corrected chi connectivity index (χ4v) is 4.29. The van der Waals surface area contributed by atoms with Gasteiger partial charge in [-0.2, -0.15) is 5.10 Å². The van der Waals surface area contributed by atoms with Crippen LogP contribution in [-0.2, 0) is 31.6 Å². The van der Waals surface area contributed by atoms with Gasteiger partial charge in [-0.3, -0.25) is 14.0 Å². The molecule has 162 valence electrons. The molecule has 0 radical (unpaired) electrons. The predicted molar refractivity (Wildman–Crippen MR) is 123 cm³/mol. The third kappa shape index (κ3) is 5.93. The van der Waals surface area contributed by atoms with Crippen molar-refractivity contribution in [3.05, 3.63) is 77.0 Å². The normalized spacial score (nSPS) is 11.7. The average molecular weight is 460 g/mol. The lowest BCUT2D eigenvalue weighted by molar-refractivity contribution is -0.111. The van der Waals surface area contributed by atoms with Crippen LogP contribution in [0.3, 0.4) is 0 Å². The van der Waals surface area contributed by atoms with Gasteiger partial charge < -0.3 is 14.4 Å². The van der Waals surface area contributed by atoms with Crippen molar-refractivity contribution in [2.24, 2.45) is 7.05 Å². The van der Waals surface area contributed by atoms with Gasteiger partial charge in [0.15, 0.2) is 0 Å². The molecule has 3 aromatic rings. The van der Waals surface area contributed by atoms with Crippen LogP contribution in [0, 0.1) is 0 Å².